The van der Waals surface area contributed by atoms with Gasteiger partial charge in [0.05, 0.1) is 0 Å². The number of ether oxygens (including phenoxy) is 2. The molecule has 0 aliphatic rings. The highest BCUT2D eigenvalue weighted by Gasteiger charge is 2.18. The van der Waals surface area contributed by atoms with E-state index in [-0.39, 0.29) is 6.61 Å². The first-order valence-electron chi connectivity index (χ1n) is 5.57. The predicted octanol–water partition coefficient (Wildman–Crippen LogP) is 2.85. The molecule has 0 saturated carbocycles. The Morgan fingerprint density at radius 1 is 1.11 bits per heavy atom. The minimum absolute atomic E-state index is 0.107. The molecule has 0 spiro atoms. The molecule has 0 unspecified atom stereocenters. The quantitative estimate of drug-likeness (QED) is 0.877. The van der Waals surface area contributed by atoms with E-state index in [1.54, 1.807) is 20.8 Å². The summed E-state index contributed by atoms with van der Waals surface area (Å²) in [6, 6.07) is 9.18. The minimum atomic E-state index is -0.826. The molecule has 0 atom stereocenters. The van der Waals surface area contributed by atoms with Crippen molar-refractivity contribution in [2.24, 2.45) is 0 Å². The summed E-state index contributed by atoms with van der Waals surface area (Å²) in [5.74, 6) is 0. The van der Waals surface area contributed by atoms with Gasteiger partial charge in [-0.05, 0) is 26.3 Å². The Hall–Kier alpha value is -2.04. The third kappa shape index (κ3) is 5.89. The number of hydrogen-bond donors (Lipinski definition) is 1. The topological polar surface area (TPSA) is 64.6 Å². The normalized spacial score (nSPS) is 10.6. The van der Waals surface area contributed by atoms with Crippen molar-refractivity contribution >= 4 is 12.2 Å². The van der Waals surface area contributed by atoms with Gasteiger partial charge in [-0.2, -0.15) is 0 Å². The van der Waals surface area contributed by atoms with Gasteiger partial charge in [0.25, 0.3) is 0 Å². The summed E-state index contributed by atoms with van der Waals surface area (Å²) >= 11 is 0. The Morgan fingerprint density at radius 3 is 2.28 bits per heavy atom. The number of nitrogens with one attached hydrogen (secondary N) is 1. The van der Waals surface area contributed by atoms with Gasteiger partial charge >= 0.3 is 12.2 Å². The van der Waals surface area contributed by atoms with Crippen LogP contribution in [0.4, 0.5) is 9.59 Å². The maximum absolute atomic E-state index is 11.3. The summed E-state index contributed by atoms with van der Waals surface area (Å²) in [7, 11) is 0. The highest BCUT2D eigenvalue weighted by atomic mass is 16.6. The standard InChI is InChI=1S/C13H17NO4/c1-13(2,3)18-12(16)14-11(15)17-9-10-7-5-4-6-8-10/h4-8H,9H2,1-3H3,(H,14,15,16). The van der Waals surface area contributed by atoms with E-state index in [1.165, 1.54) is 0 Å². The fourth-order valence-electron chi connectivity index (χ4n) is 1.15. The lowest BCUT2D eigenvalue weighted by Crippen LogP contribution is -2.36. The average Bonchev–Trinajstić information content (AvgIpc) is 2.25. The summed E-state index contributed by atoms with van der Waals surface area (Å²) in [6.45, 7) is 5.24. The van der Waals surface area contributed by atoms with Gasteiger partial charge in [0.15, 0.2) is 0 Å². The highest BCUT2D eigenvalue weighted by Crippen LogP contribution is 2.06. The molecule has 1 aromatic carbocycles. The Morgan fingerprint density at radius 2 is 1.72 bits per heavy atom. The molecular weight excluding hydrogens is 234 g/mol. The molecule has 1 N–H and O–H groups in total. The van der Waals surface area contributed by atoms with Crippen molar-refractivity contribution in [3.63, 3.8) is 0 Å². The van der Waals surface area contributed by atoms with E-state index in [1.807, 2.05) is 35.6 Å². The Labute approximate surface area is 106 Å². The van der Waals surface area contributed by atoms with E-state index < -0.39 is 17.8 Å². The molecule has 0 aliphatic heterocycles. The fraction of sp³-hybridized carbons (Fsp3) is 0.385. The number of amides is 2. The van der Waals surface area contributed by atoms with Crippen molar-refractivity contribution in [1.29, 1.82) is 0 Å². The van der Waals surface area contributed by atoms with Crippen molar-refractivity contribution < 1.29 is 19.1 Å². The maximum atomic E-state index is 11.3. The van der Waals surface area contributed by atoms with E-state index >= 15 is 0 Å². The molecule has 0 aliphatic carbocycles. The number of carbonyl (C=O) groups is 2. The fourth-order valence-corrected chi connectivity index (χ4v) is 1.15. The van der Waals surface area contributed by atoms with Crippen LogP contribution in [0.1, 0.15) is 26.3 Å². The first-order chi connectivity index (χ1) is 8.37. The summed E-state index contributed by atoms with van der Waals surface area (Å²) < 4.78 is 9.77. The first kappa shape index (κ1) is 14.0. The van der Waals surface area contributed by atoms with Crippen molar-refractivity contribution in [2.75, 3.05) is 0 Å². The number of benzene rings is 1. The molecule has 98 valence electrons. The lowest BCUT2D eigenvalue weighted by atomic mass is 10.2. The molecule has 1 rings (SSSR count). The first-order valence-corrected chi connectivity index (χ1v) is 5.57. The number of carbonyl (C=O) groups excluding carboxylic acids is 2. The number of rotatable bonds is 2. The molecule has 0 heterocycles. The van der Waals surface area contributed by atoms with Crippen molar-refractivity contribution in [1.82, 2.24) is 5.32 Å². The van der Waals surface area contributed by atoms with Crippen LogP contribution in [-0.2, 0) is 16.1 Å². The average molecular weight is 251 g/mol. The molecular formula is C13H17NO4. The van der Waals surface area contributed by atoms with Crippen LogP contribution in [0.15, 0.2) is 30.3 Å². The van der Waals surface area contributed by atoms with Crippen molar-refractivity contribution in [3.05, 3.63) is 35.9 Å². The van der Waals surface area contributed by atoms with E-state index in [2.05, 4.69) is 0 Å². The number of hydrogen-bond acceptors (Lipinski definition) is 4. The van der Waals surface area contributed by atoms with Crippen LogP contribution in [-0.4, -0.2) is 17.8 Å². The molecule has 5 nitrogen and oxygen atoms in total. The van der Waals surface area contributed by atoms with Crippen molar-refractivity contribution in [2.45, 2.75) is 33.0 Å². The van der Waals surface area contributed by atoms with Gasteiger partial charge in [0.2, 0.25) is 0 Å². The lowest BCUT2D eigenvalue weighted by molar-refractivity contribution is 0.0506. The van der Waals surface area contributed by atoms with Gasteiger partial charge in [-0.3, -0.25) is 0 Å². The van der Waals surface area contributed by atoms with Crippen LogP contribution >= 0.6 is 0 Å². The molecule has 18 heavy (non-hydrogen) atoms. The van der Waals surface area contributed by atoms with Gasteiger partial charge in [-0.1, -0.05) is 30.3 Å². The lowest BCUT2D eigenvalue weighted by Gasteiger charge is -2.19. The van der Waals surface area contributed by atoms with Gasteiger partial charge in [-0.15, -0.1) is 0 Å². The van der Waals surface area contributed by atoms with Crippen LogP contribution in [0.5, 0.6) is 0 Å². The Bertz CT molecular complexity index is 409. The zero-order valence-electron chi connectivity index (χ0n) is 10.7. The SMILES string of the molecule is CC(C)(C)OC(=O)NC(=O)OCc1ccccc1. The molecule has 0 fully saturated rings. The van der Waals surface area contributed by atoms with Crippen LogP contribution < -0.4 is 5.32 Å². The third-order valence-electron chi connectivity index (χ3n) is 1.82. The van der Waals surface area contributed by atoms with Crippen molar-refractivity contribution in [3.8, 4) is 0 Å². The van der Waals surface area contributed by atoms with E-state index in [4.69, 9.17) is 9.47 Å². The molecule has 0 aromatic heterocycles. The second-order valence-corrected chi connectivity index (χ2v) is 4.69. The zero-order valence-corrected chi connectivity index (χ0v) is 10.7. The molecule has 2 amide bonds. The van der Waals surface area contributed by atoms with E-state index in [0.29, 0.717) is 0 Å². The van der Waals surface area contributed by atoms with Crippen LogP contribution in [0.3, 0.4) is 0 Å². The van der Waals surface area contributed by atoms with E-state index in [9.17, 15) is 9.59 Å². The summed E-state index contributed by atoms with van der Waals surface area (Å²) in [6.07, 6.45) is -1.64. The molecule has 1 aromatic rings. The van der Waals surface area contributed by atoms with Crippen LogP contribution in [0.25, 0.3) is 0 Å². The van der Waals surface area contributed by atoms with E-state index in [0.717, 1.165) is 5.56 Å². The summed E-state index contributed by atoms with van der Waals surface area (Å²) in [5, 5.41) is 1.98. The van der Waals surface area contributed by atoms with Crippen LogP contribution in [0, 0.1) is 0 Å². The number of alkyl carbamates (subject to hydrolysis) is 2. The number of imide groups is 1. The molecule has 0 bridgehead atoms. The van der Waals surface area contributed by atoms with Gasteiger partial charge in [0, 0.05) is 0 Å². The minimum Gasteiger partial charge on any atom is -0.444 e. The monoisotopic (exact) mass is 251 g/mol. The van der Waals surface area contributed by atoms with Crippen LogP contribution in [0.2, 0.25) is 0 Å². The Kier molecular flexibility index (Phi) is 4.71. The molecule has 0 radical (unpaired) electrons. The molecule has 5 heteroatoms. The summed E-state index contributed by atoms with van der Waals surface area (Å²) in [5.41, 5.74) is 0.195. The zero-order chi connectivity index (χ0) is 13.6. The second kappa shape index (κ2) is 6.05. The second-order valence-electron chi connectivity index (χ2n) is 4.69. The smallest absolute Gasteiger partial charge is 0.417 e. The summed E-state index contributed by atoms with van der Waals surface area (Å²) in [4.78, 5) is 22.5. The highest BCUT2D eigenvalue weighted by molar-refractivity contribution is 5.87. The van der Waals surface area contributed by atoms with Gasteiger partial charge in [-0.25, -0.2) is 14.9 Å². The maximum Gasteiger partial charge on any atom is 0.417 e. The van der Waals surface area contributed by atoms with Gasteiger partial charge in [0.1, 0.15) is 12.2 Å². The van der Waals surface area contributed by atoms with Gasteiger partial charge < -0.3 is 9.47 Å². The third-order valence-corrected chi connectivity index (χ3v) is 1.82. The molecule has 0 saturated heterocycles. The largest absolute Gasteiger partial charge is 0.444 e. The predicted molar refractivity (Wildman–Crippen MR) is 66.0 cm³/mol. The Balaban J connectivity index is 2.32.